The summed E-state index contributed by atoms with van der Waals surface area (Å²) in [6.45, 7) is 5.14. The summed E-state index contributed by atoms with van der Waals surface area (Å²) in [6, 6.07) is 18.3. The molecule has 0 bridgehead atoms. The quantitative estimate of drug-likeness (QED) is 0.579. The van der Waals surface area contributed by atoms with Crippen LogP contribution >= 0.6 is 0 Å². The first-order chi connectivity index (χ1) is 15.4. The van der Waals surface area contributed by atoms with E-state index >= 15 is 0 Å². The smallest absolute Gasteiger partial charge is 0.243 e. The van der Waals surface area contributed by atoms with Gasteiger partial charge in [-0.15, -0.1) is 0 Å². The van der Waals surface area contributed by atoms with E-state index in [0.717, 1.165) is 18.4 Å². The zero-order valence-corrected chi connectivity index (χ0v) is 19.0. The second-order valence-electron chi connectivity index (χ2n) is 8.22. The second kappa shape index (κ2) is 9.15. The van der Waals surface area contributed by atoms with Crippen molar-refractivity contribution in [2.24, 2.45) is 5.92 Å². The molecule has 1 aromatic heterocycles. The minimum Gasteiger partial charge on any atom is -0.419 e. The summed E-state index contributed by atoms with van der Waals surface area (Å²) in [5, 5.41) is 12.7. The molecule has 0 saturated carbocycles. The maximum Gasteiger partial charge on any atom is 0.243 e. The average Bonchev–Trinajstić information content (AvgIpc) is 3.22. The molecule has 2 heterocycles. The largest absolute Gasteiger partial charge is 0.419 e. The molecule has 7 nitrogen and oxygen atoms in total. The first kappa shape index (κ1) is 22.1. The number of piperidine rings is 1. The molecule has 1 saturated heterocycles. The van der Waals surface area contributed by atoms with Gasteiger partial charge in [0.1, 0.15) is 6.07 Å². The van der Waals surface area contributed by atoms with Gasteiger partial charge in [0.2, 0.25) is 27.5 Å². The molecule has 32 heavy (non-hydrogen) atoms. The van der Waals surface area contributed by atoms with Crippen molar-refractivity contribution in [2.45, 2.75) is 37.6 Å². The number of nitrogens with zero attached hydrogens (tertiary/aromatic N) is 3. The van der Waals surface area contributed by atoms with Crippen LogP contribution in [0.3, 0.4) is 0 Å². The Kier molecular flexibility index (Phi) is 6.31. The zero-order valence-electron chi connectivity index (χ0n) is 18.2. The van der Waals surface area contributed by atoms with Crippen LogP contribution in [-0.2, 0) is 10.0 Å². The molecule has 2 aromatic carbocycles. The summed E-state index contributed by atoms with van der Waals surface area (Å²) in [5.41, 5.74) is 1.81. The fraction of sp³-hybridized carbons (Fsp3) is 0.333. The summed E-state index contributed by atoms with van der Waals surface area (Å²) >= 11 is 0. The average molecular weight is 451 g/mol. The lowest BCUT2D eigenvalue weighted by Crippen LogP contribution is -2.39. The van der Waals surface area contributed by atoms with E-state index in [0.29, 0.717) is 24.6 Å². The Hall–Kier alpha value is -3.15. The molecule has 166 valence electrons. The van der Waals surface area contributed by atoms with E-state index in [1.54, 1.807) is 28.6 Å². The fourth-order valence-corrected chi connectivity index (χ4v) is 5.52. The summed E-state index contributed by atoms with van der Waals surface area (Å²) in [7, 11) is -3.53. The predicted molar refractivity (Wildman–Crippen MR) is 122 cm³/mol. The number of benzene rings is 2. The van der Waals surface area contributed by atoms with Crippen LogP contribution in [0.5, 0.6) is 0 Å². The van der Waals surface area contributed by atoms with Crippen LogP contribution in [0.1, 0.15) is 44.0 Å². The van der Waals surface area contributed by atoms with Crippen molar-refractivity contribution in [3.63, 3.8) is 0 Å². The SMILES string of the molecule is C[C@H]1CCCN(S(=O)(=O)c2ccc(-c3nc(C#N)c(N[C@H](C)c4ccccc4)o3)cc2)C1. The minimum absolute atomic E-state index is 0.0800. The number of oxazole rings is 1. The molecule has 8 heteroatoms. The third-order valence-electron chi connectivity index (χ3n) is 5.74. The van der Waals surface area contributed by atoms with Gasteiger partial charge >= 0.3 is 0 Å². The molecular weight excluding hydrogens is 424 g/mol. The molecule has 0 spiro atoms. The molecule has 3 aromatic rings. The number of anilines is 1. The van der Waals surface area contributed by atoms with Gasteiger partial charge in [0.25, 0.3) is 0 Å². The van der Waals surface area contributed by atoms with Gasteiger partial charge in [-0.1, -0.05) is 37.3 Å². The van der Waals surface area contributed by atoms with Gasteiger partial charge in [-0.2, -0.15) is 14.6 Å². The maximum absolute atomic E-state index is 13.0. The third-order valence-corrected chi connectivity index (χ3v) is 7.62. The predicted octanol–water partition coefficient (Wildman–Crippen LogP) is 4.81. The molecule has 1 aliphatic heterocycles. The van der Waals surface area contributed by atoms with Crippen molar-refractivity contribution in [2.75, 3.05) is 18.4 Å². The van der Waals surface area contributed by atoms with E-state index in [4.69, 9.17) is 4.42 Å². The Labute approximate surface area is 188 Å². The van der Waals surface area contributed by atoms with Crippen LogP contribution in [0.25, 0.3) is 11.5 Å². The van der Waals surface area contributed by atoms with Crippen molar-refractivity contribution < 1.29 is 12.8 Å². The zero-order chi connectivity index (χ0) is 22.7. The Balaban J connectivity index is 1.55. The first-order valence-corrected chi connectivity index (χ1v) is 12.2. The summed E-state index contributed by atoms with van der Waals surface area (Å²) < 4.78 is 33.3. The Bertz CT molecular complexity index is 1210. The highest BCUT2D eigenvalue weighted by Crippen LogP contribution is 2.30. The fourth-order valence-electron chi connectivity index (χ4n) is 3.92. The molecule has 0 radical (unpaired) electrons. The van der Waals surface area contributed by atoms with E-state index in [-0.39, 0.29) is 28.4 Å². The topological polar surface area (TPSA) is 99.2 Å². The monoisotopic (exact) mass is 450 g/mol. The standard InChI is InChI=1S/C24H26N4O3S/c1-17-7-6-14-28(16-17)32(29,30)21-12-10-20(11-13-21)23-27-22(15-25)24(31-23)26-18(2)19-8-4-3-5-9-19/h3-5,8-13,17-18,26H,6-7,14,16H2,1-2H3/t17-,18+/m0/s1. The Morgan fingerprint density at radius 3 is 2.56 bits per heavy atom. The molecule has 0 unspecified atom stereocenters. The van der Waals surface area contributed by atoms with Gasteiger partial charge in [0.15, 0.2) is 0 Å². The van der Waals surface area contributed by atoms with Crippen molar-refractivity contribution in [3.8, 4) is 17.5 Å². The van der Waals surface area contributed by atoms with Gasteiger partial charge in [-0.05, 0) is 55.5 Å². The maximum atomic E-state index is 13.0. The third kappa shape index (κ3) is 4.54. The van der Waals surface area contributed by atoms with Crippen LogP contribution in [0.4, 0.5) is 5.88 Å². The van der Waals surface area contributed by atoms with E-state index in [1.807, 2.05) is 37.3 Å². The molecule has 1 fully saturated rings. The summed E-state index contributed by atoms with van der Waals surface area (Å²) in [6.07, 6.45) is 1.93. The Morgan fingerprint density at radius 2 is 1.91 bits per heavy atom. The number of hydrogen-bond donors (Lipinski definition) is 1. The number of nitrogens with one attached hydrogen (secondary N) is 1. The van der Waals surface area contributed by atoms with E-state index in [9.17, 15) is 13.7 Å². The molecule has 1 aliphatic rings. The number of hydrogen-bond acceptors (Lipinski definition) is 6. The van der Waals surface area contributed by atoms with Crippen molar-refractivity contribution in [3.05, 3.63) is 65.9 Å². The van der Waals surface area contributed by atoms with Crippen molar-refractivity contribution in [1.82, 2.24) is 9.29 Å². The number of rotatable bonds is 6. The highest BCUT2D eigenvalue weighted by Gasteiger charge is 2.28. The highest BCUT2D eigenvalue weighted by atomic mass is 32.2. The molecule has 0 amide bonds. The molecule has 0 aliphatic carbocycles. The van der Waals surface area contributed by atoms with E-state index in [2.05, 4.69) is 23.3 Å². The van der Waals surface area contributed by atoms with Gasteiger partial charge in [-0.25, -0.2) is 8.42 Å². The number of nitriles is 1. The Morgan fingerprint density at radius 1 is 1.19 bits per heavy atom. The van der Waals surface area contributed by atoms with Crippen LogP contribution in [-0.4, -0.2) is 30.8 Å². The molecular formula is C24H26N4O3S. The summed E-state index contributed by atoms with van der Waals surface area (Å²) in [4.78, 5) is 4.54. The van der Waals surface area contributed by atoms with Crippen molar-refractivity contribution >= 4 is 15.9 Å². The minimum atomic E-state index is -3.53. The van der Waals surface area contributed by atoms with Gasteiger partial charge in [-0.3, -0.25) is 0 Å². The lowest BCUT2D eigenvalue weighted by atomic mass is 10.0. The van der Waals surface area contributed by atoms with Crippen LogP contribution < -0.4 is 5.32 Å². The summed E-state index contributed by atoms with van der Waals surface area (Å²) in [5.74, 6) is 0.913. The lowest BCUT2D eigenvalue weighted by molar-refractivity contribution is 0.281. The van der Waals surface area contributed by atoms with Gasteiger partial charge < -0.3 is 9.73 Å². The highest BCUT2D eigenvalue weighted by molar-refractivity contribution is 7.89. The molecule has 1 N–H and O–H groups in total. The molecule has 4 rings (SSSR count). The van der Waals surface area contributed by atoms with Crippen molar-refractivity contribution in [1.29, 1.82) is 5.26 Å². The number of sulfonamides is 1. The van der Waals surface area contributed by atoms with Crippen LogP contribution in [0.15, 0.2) is 63.9 Å². The van der Waals surface area contributed by atoms with Gasteiger partial charge in [0.05, 0.1) is 10.9 Å². The first-order valence-electron chi connectivity index (χ1n) is 10.7. The lowest BCUT2D eigenvalue weighted by Gasteiger charge is -2.30. The molecule has 2 atom stereocenters. The van der Waals surface area contributed by atoms with E-state index in [1.165, 1.54) is 0 Å². The normalized spacial score (nSPS) is 18.1. The number of aromatic nitrogens is 1. The second-order valence-corrected chi connectivity index (χ2v) is 10.2. The van der Waals surface area contributed by atoms with E-state index < -0.39 is 10.0 Å². The van der Waals surface area contributed by atoms with Gasteiger partial charge in [0, 0.05) is 18.7 Å². The van der Waals surface area contributed by atoms with Crippen LogP contribution in [0, 0.1) is 17.2 Å². The van der Waals surface area contributed by atoms with Crippen LogP contribution in [0.2, 0.25) is 0 Å².